The lowest BCUT2D eigenvalue weighted by Gasteiger charge is -2.14. The summed E-state index contributed by atoms with van der Waals surface area (Å²) in [5, 5.41) is 0. The molecule has 0 aromatic heterocycles. The summed E-state index contributed by atoms with van der Waals surface area (Å²) in [4.78, 5) is 14.2. The fraction of sp³-hybridized carbons (Fsp3) is 0.211. The number of carbonyl (C=O) groups is 1. The van der Waals surface area contributed by atoms with Gasteiger partial charge in [0.05, 0.1) is 0 Å². The summed E-state index contributed by atoms with van der Waals surface area (Å²) in [6.07, 6.45) is 4.52. The number of hydrogen-bond acceptors (Lipinski definition) is 1. The lowest BCUT2D eigenvalue weighted by Crippen LogP contribution is -2.26. The van der Waals surface area contributed by atoms with E-state index in [9.17, 15) is 4.79 Å². The molecule has 2 aromatic rings. The van der Waals surface area contributed by atoms with Crippen LogP contribution < -0.4 is 4.90 Å². The number of benzene rings is 2. The molecule has 21 heavy (non-hydrogen) atoms. The van der Waals surface area contributed by atoms with Gasteiger partial charge in [-0.1, -0.05) is 36.4 Å². The SMILES string of the molecule is Cc1ccc(/C=C/C(=O)N2CCc3ccccc32)cc1C. The van der Waals surface area contributed by atoms with Gasteiger partial charge in [-0.3, -0.25) is 4.79 Å². The summed E-state index contributed by atoms with van der Waals surface area (Å²) in [5.41, 5.74) is 5.89. The van der Waals surface area contributed by atoms with Crippen molar-refractivity contribution < 1.29 is 4.79 Å². The second-order valence-electron chi connectivity index (χ2n) is 5.55. The first-order valence-corrected chi connectivity index (χ1v) is 7.30. The molecule has 0 atom stereocenters. The number of para-hydroxylation sites is 1. The number of anilines is 1. The molecule has 3 rings (SSSR count). The molecule has 0 aliphatic carbocycles. The van der Waals surface area contributed by atoms with E-state index in [4.69, 9.17) is 0 Å². The molecule has 0 unspecified atom stereocenters. The average Bonchev–Trinajstić information content (AvgIpc) is 2.92. The zero-order valence-electron chi connectivity index (χ0n) is 12.5. The molecule has 106 valence electrons. The Hall–Kier alpha value is -2.35. The Kier molecular flexibility index (Phi) is 3.61. The third-order valence-electron chi connectivity index (χ3n) is 4.10. The molecule has 0 saturated heterocycles. The first kappa shape index (κ1) is 13.6. The van der Waals surface area contributed by atoms with E-state index >= 15 is 0 Å². The first-order chi connectivity index (χ1) is 10.1. The number of amides is 1. The van der Waals surface area contributed by atoms with E-state index < -0.39 is 0 Å². The number of hydrogen-bond donors (Lipinski definition) is 0. The lowest BCUT2D eigenvalue weighted by molar-refractivity contribution is -0.114. The van der Waals surface area contributed by atoms with E-state index in [1.54, 1.807) is 6.08 Å². The Bertz CT molecular complexity index is 715. The molecule has 0 fully saturated rings. The van der Waals surface area contributed by atoms with Gasteiger partial charge in [-0.25, -0.2) is 0 Å². The van der Waals surface area contributed by atoms with Crippen LogP contribution in [0.1, 0.15) is 22.3 Å². The normalized spacial score (nSPS) is 13.7. The summed E-state index contributed by atoms with van der Waals surface area (Å²) >= 11 is 0. The molecule has 1 aliphatic heterocycles. The van der Waals surface area contributed by atoms with Crippen LogP contribution in [-0.2, 0) is 11.2 Å². The van der Waals surface area contributed by atoms with Crippen LogP contribution in [0.5, 0.6) is 0 Å². The van der Waals surface area contributed by atoms with Crippen molar-refractivity contribution in [3.05, 3.63) is 70.8 Å². The van der Waals surface area contributed by atoms with E-state index in [1.807, 2.05) is 35.2 Å². The third-order valence-corrected chi connectivity index (χ3v) is 4.10. The zero-order valence-corrected chi connectivity index (χ0v) is 12.5. The molecule has 0 bridgehead atoms. The molecule has 1 aliphatic rings. The molecule has 2 nitrogen and oxygen atoms in total. The monoisotopic (exact) mass is 277 g/mol. The number of aryl methyl sites for hydroxylation is 2. The van der Waals surface area contributed by atoms with Crippen LogP contribution in [0.25, 0.3) is 6.08 Å². The maximum atomic E-state index is 12.4. The van der Waals surface area contributed by atoms with Crippen LogP contribution in [-0.4, -0.2) is 12.5 Å². The summed E-state index contributed by atoms with van der Waals surface area (Å²) < 4.78 is 0. The molecular formula is C19H19NO. The van der Waals surface area contributed by atoms with Gasteiger partial charge in [-0.15, -0.1) is 0 Å². The Morgan fingerprint density at radius 3 is 2.71 bits per heavy atom. The van der Waals surface area contributed by atoms with E-state index in [2.05, 4.69) is 32.0 Å². The van der Waals surface area contributed by atoms with Crippen molar-refractivity contribution in [1.29, 1.82) is 0 Å². The number of rotatable bonds is 2. The predicted octanol–water partition coefficient (Wildman–Crippen LogP) is 3.91. The molecule has 2 aromatic carbocycles. The molecule has 0 saturated carbocycles. The van der Waals surface area contributed by atoms with Gasteiger partial charge in [0.1, 0.15) is 0 Å². The fourth-order valence-corrected chi connectivity index (χ4v) is 2.69. The third kappa shape index (κ3) is 2.75. The Morgan fingerprint density at radius 2 is 1.90 bits per heavy atom. The second-order valence-corrected chi connectivity index (χ2v) is 5.55. The van der Waals surface area contributed by atoms with Crippen LogP contribution in [0.2, 0.25) is 0 Å². The van der Waals surface area contributed by atoms with Gasteiger partial charge in [-0.05, 0) is 54.7 Å². The van der Waals surface area contributed by atoms with E-state index in [0.717, 1.165) is 24.2 Å². The van der Waals surface area contributed by atoms with Crippen molar-refractivity contribution in [1.82, 2.24) is 0 Å². The van der Waals surface area contributed by atoms with Crippen LogP contribution in [0.15, 0.2) is 48.5 Å². The highest BCUT2D eigenvalue weighted by atomic mass is 16.2. The quantitative estimate of drug-likeness (QED) is 0.762. The number of carbonyl (C=O) groups excluding carboxylic acids is 1. The second kappa shape index (κ2) is 5.57. The zero-order chi connectivity index (χ0) is 14.8. The van der Waals surface area contributed by atoms with Crippen LogP contribution in [0.4, 0.5) is 5.69 Å². The van der Waals surface area contributed by atoms with E-state index in [0.29, 0.717) is 0 Å². The van der Waals surface area contributed by atoms with Crippen molar-refractivity contribution in [2.45, 2.75) is 20.3 Å². The Labute approximate surface area is 125 Å². The first-order valence-electron chi connectivity index (χ1n) is 7.30. The lowest BCUT2D eigenvalue weighted by atomic mass is 10.1. The van der Waals surface area contributed by atoms with Gasteiger partial charge < -0.3 is 4.90 Å². The summed E-state index contributed by atoms with van der Waals surface area (Å²) in [7, 11) is 0. The van der Waals surface area contributed by atoms with Crippen LogP contribution in [0.3, 0.4) is 0 Å². The van der Waals surface area contributed by atoms with E-state index in [1.165, 1.54) is 16.7 Å². The molecule has 1 amide bonds. The molecule has 2 heteroatoms. The van der Waals surface area contributed by atoms with Crippen molar-refractivity contribution in [2.24, 2.45) is 0 Å². The van der Waals surface area contributed by atoms with Crippen molar-refractivity contribution in [3.8, 4) is 0 Å². The van der Waals surface area contributed by atoms with Crippen molar-refractivity contribution >= 4 is 17.7 Å². The molecule has 1 heterocycles. The summed E-state index contributed by atoms with van der Waals surface area (Å²) in [6.45, 7) is 4.95. The van der Waals surface area contributed by atoms with Gasteiger partial charge in [-0.2, -0.15) is 0 Å². The van der Waals surface area contributed by atoms with Crippen LogP contribution >= 0.6 is 0 Å². The highest BCUT2D eigenvalue weighted by Crippen LogP contribution is 2.27. The Balaban J connectivity index is 1.78. The summed E-state index contributed by atoms with van der Waals surface area (Å²) in [5.74, 6) is 0.0539. The van der Waals surface area contributed by atoms with Crippen molar-refractivity contribution in [3.63, 3.8) is 0 Å². The maximum Gasteiger partial charge on any atom is 0.251 e. The highest BCUT2D eigenvalue weighted by Gasteiger charge is 2.22. The Morgan fingerprint density at radius 1 is 1.10 bits per heavy atom. The smallest absolute Gasteiger partial charge is 0.251 e. The predicted molar refractivity (Wildman–Crippen MR) is 87.4 cm³/mol. The number of fused-ring (bicyclic) bond motifs is 1. The van der Waals surface area contributed by atoms with Crippen LogP contribution in [0, 0.1) is 13.8 Å². The molecule has 0 radical (unpaired) electrons. The van der Waals surface area contributed by atoms with Crippen molar-refractivity contribution in [2.75, 3.05) is 11.4 Å². The van der Waals surface area contributed by atoms with Gasteiger partial charge in [0.2, 0.25) is 0 Å². The minimum atomic E-state index is 0.0539. The minimum absolute atomic E-state index is 0.0539. The van der Waals surface area contributed by atoms with Gasteiger partial charge >= 0.3 is 0 Å². The molecular weight excluding hydrogens is 258 g/mol. The van der Waals surface area contributed by atoms with E-state index in [-0.39, 0.29) is 5.91 Å². The van der Waals surface area contributed by atoms with Gasteiger partial charge in [0, 0.05) is 18.3 Å². The number of nitrogens with zero attached hydrogens (tertiary/aromatic N) is 1. The average molecular weight is 277 g/mol. The standard InChI is InChI=1S/C19H19NO/c1-14-7-8-16(13-15(14)2)9-10-19(21)20-12-11-17-5-3-4-6-18(17)20/h3-10,13H,11-12H2,1-2H3/b10-9+. The largest absolute Gasteiger partial charge is 0.308 e. The van der Waals surface area contributed by atoms with Gasteiger partial charge in [0.15, 0.2) is 0 Å². The van der Waals surface area contributed by atoms with Gasteiger partial charge in [0.25, 0.3) is 5.91 Å². The minimum Gasteiger partial charge on any atom is -0.308 e. The molecule has 0 spiro atoms. The topological polar surface area (TPSA) is 20.3 Å². The summed E-state index contributed by atoms with van der Waals surface area (Å²) in [6, 6.07) is 14.4. The fourth-order valence-electron chi connectivity index (χ4n) is 2.69. The molecule has 0 N–H and O–H groups in total. The highest BCUT2D eigenvalue weighted by molar-refractivity contribution is 6.05. The maximum absolute atomic E-state index is 12.4.